The Kier molecular flexibility index (Phi) is 5.04. The summed E-state index contributed by atoms with van der Waals surface area (Å²) in [6.45, 7) is 0.230. The molecule has 1 fully saturated rings. The van der Waals surface area contributed by atoms with Gasteiger partial charge in [-0.3, -0.25) is 0 Å². The van der Waals surface area contributed by atoms with Crippen LogP contribution in [0.15, 0.2) is 0 Å². The molecule has 0 saturated heterocycles. The first-order valence-corrected chi connectivity index (χ1v) is 5.41. The van der Waals surface area contributed by atoms with Gasteiger partial charge in [0.1, 0.15) is 6.61 Å². The van der Waals surface area contributed by atoms with E-state index in [0.717, 1.165) is 12.8 Å². The molecule has 0 aromatic heterocycles. The fourth-order valence-electron chi connectivity index (χ4n) is 1.45. The van der Waals surface area contributed by atoms with E-state index < -0.39 is 5.97 Å². The number of aliphatic carboxylic acids is 1. The van der Waals surface area contributed by atoms with Crippen molar-refractivity contribution >= 4 is 12.0 Å². The van der Waals surface area contributed by atoms with E-state index in [4.69, 9.17) is 9.84 Å². The van der Waals surface area contributed by atoms with E-state index in [2.05, 4.69) is 5.32 Å². The first-order valence-electron chi connectivity index (χ1n) is 5.41. The molecule has 0 heterocycles. The van der Waals surface area contributed by atoms with Gasteiger partial charge < -0.3 is 20.1 Å². The molecule has 0 atom stereocenters. The number of nitrogens with one attached hydrogen (secondary N) is 1. The van der Waals surface area contributed by atoms with Crippen LogP contribution >= 0.6 is 0 Å². The van der Waals surface area contributed by atoms with Crippen LogP contribution in [0.4, 0.5) is 4.79 Å². The number of urea groups is 1. The lowest BCUT2D eigenvalue weighted by Gasteiger charge is -2.34. The van der Waals surface area contributed by atoms with Gasteiger partial charge in [0.25, 0.3) is 0 Å². The molecule has 2 amide bonds. The van der Waals surface area contributed by atoms with Gasteiger partial charge in [0.2, 0.25) is 0 Å². The van der Waals surface area contributed by atoms with Crippen LogP contribution in [0.5, 0.6) is 0 Å². The van der Waals surface area contributed by atoms with Crippen LogP contribution in [0, 0.1) is 0 Å². The summed E-state index contributed by atoms with van der Waals surface area (Å²) in [5, 5.41) is 11.0. The molecule has 1 aliphatic rings. The van der Waals surface area contributed by atoms with Crippen molar-refractivity contribution in [2.75, 3.05) is 26.8 Å². The molecule has 0 radical (unpaired) electrons. The van der Waals surface area contributed by atoms with Crippen LogP contribution in [0.3, 0.4) is 0 Å². The molecule has 0 aromatic rings. The zero-order chi connectivity index (χ0) is 12.0. The number of nitrogens with zero attached hydrogens (tertiary/aromatic N) is 1. The quantitative estimate of drug-likeness (QED) is 0.642. The van der Waals surface area contributed by atoms with E-state index in [1.807, 2.05) is 0 Å². The zero-order valence-corrected chi connectivity index (χ0v) is 9.44. The third kappa shape index (κ3) is 4.06. The topological polar surface area (TPSA) is 78.9 Å². The van der Waals surface area contributed by atoms with E-state index in [-0.39, 0.29) is 19.2 Å². The Bertz CT molecular complexity index is 253. The van der Waals surface area contributed by atoms with Gasteiger partial charge in [-0.1, -0.05) is 0 Å². The van der Waals surface area contributed by atoms with Crippen LogP contribution in [0.1, 0.15) is 19.3 Å². The largest absolute Gasteiger partial charge is 0.480 e. The number of ether oxygens (including phenoxy) is 1. The highest BCUT2D eigenvalue weighted by Crippen LogP contribution is 2.23. The molecule has 0 spiro atoms. The summed E-state index contributed by atoms with van der Waals surface area (Å²) in [6, 6.07) is 0.239. The first kappa shape index (κ1) is 12.8. The Balaban J connectivity index is 2.03. The number of amides is 2. The lowest BCUT2D eigenvalue weighted by Crippen LogP contribution is -2.47. The average Bonchev–Trinajstić information content (AvgIpc) is 2.13. The van der Waals surface area contributed by atoms with Crippen LogP contribution in [0.2, 0.25) is 0 Å². The molecule has 0 unspecified atom stereocenters. The fourth-order valence-corrected chi connectivity index (χ4v) is 1.45. The predicted molar refractivity (Wildman–Crippen MR) is 57.3 cm³/mol. The van der Waals surface area contributed by atoms with Gasteiger partial charge in [0.05, 0.1) is 6.61 Å². The summed E-state index contributed by atoms with van der Waals surface area (Å²) in [6.07, 6.45) is 3.32. The Morgan fingerprint density at radius 1 is 1.50 bits per heavy atom. The van der Waals surface area contributed by atoms with Crippen LogP contribution in [-0.2, 0) is 9.53 Å². The van der Waals surface area contributed by atoms with Crippen molar-refractivity contribution in [3.8, 4) is 0 Å². The lowest BCUT2D eigenvalue weighted by molar-refractivity contribution is -0.142. The third-order valence-corrected chi connectivity index (χ3v) is 2.69. The summed E-state index contributed by atoms with van der Waals surface area (Å²) in [4.78, 5) is 23.3. The summed E-state index contributed by atoms with van der Waals surface area (Å²) < 4.78 is 4.79. The molecule has 1 saturated carbocycles. The van der Waals surface area contributed by atoms with E-state index in [9.17, 15) is 9.59 Å². The number of hydrogen-bond donors (Lipinski definition) is 2. The highest BCUT2D eigenvalue weighted by Gasteiger charge is 2.25. The number of carboxylic acid groups (broad SMARTS) is 1. The number of hydrogen-bond acceptors (Lipinski definition) is 3. The summed E-state index contributed by atoms with van der Waals surface area (Å²) >= 11 is 0. The monoisotopic (exact) mass is 230 g/mol. The molecule has 0 aromatic carbocycles. The smallest absolute Gasteiger partial charge is 0.329 e. The fraction of sp³-hybridized carbons (Fsp3) is 0.800. The predicted octanol–water partition coefficient (Wildman–Crippen LogP) is 0.281. The van der Waals surface area contributed by atoms with E-state index in [1.54, 1.807) is 11.9 Å². The molecule has 0 aliphatic heterocycles. The van der Waals surface area contributed by atoms with Crippen LogP contribution in [-0.4, -0.2) is 54.9 Å². The lowest BCUT2D eigenvalue weighted by atomic mass is 9.92. The first-order chi connectivity index (χ1) is 7.61. The maximum Gasteiger partial charge on any atom is 0.329 e. The van der Waals surface area contributed by atoms with Crippen molar-refractivity contribution in [1.82, 2.24) is 10.2 Å². The molecule has 2 N–H and O–H groups in total. The summed E-state index contributed by atoms with van der Waals surface area (Å²) in [5.41, 5.74) is 0. The minimum Gasteiger partial charge on any atom is -0.480 e. The normalized spacial score (nSPS) is 15.3. The van der Waals surface area contributed by atoms with Gasteiger partial charge in [0, 0.05) is 19.6 Å². The van der Waals surface area contributed by atoms with E-state index in [1.165, 1.54) is 6.42 Å². The summed E-state index contributed by atoms with van der Waals surface area (Å²) in [7, 11) is 1.78. The molecule has 6 nitrogen and oxygen atoms in total. The second-order valence-electron chi connectivity index (χ2n) is 3.87. The molecule has 6 heteroatoms. The maximum absolute atomic E-state index is 11.5. The Labute approximate surface area is 94.6 Å². The van der Waals surface area contributed by atoms with Crippen molar-refractivity contribution in [3.05, 3.63) is 0 Å². The molecule has 1 rings (SSSR count). The van der Waals surface area contributed by atoms with Crippen molar-refractivity contribution in [2.24, 2.45) is 0 Å². The number of rotatable bonds is 6. The highest BCUT2D eigenvalue weighted by molar-refractivity contribution is 5.74. The van der Waals surface area contributed by atoms with Crippen molar-refractivity contribution in [2.45, 2.75) is 25.3 Å². The van der Waals surface area contributed by atoms with Crippen LogP contribution < -0.4 is 5.32 Å². The Morgan fingerprint density at radius 2 is 2.19 bits per heavy atom. The summed E-state index contributed by atoms with van der Waals surface area (Å²) in [5.74, 6) is -1.00. The van der Waals surface area contributed by atoms with E-state index >= 15 is 0 Å². The van der Waals surface area contributed by atoms with Crippen molar-refractivity contribution in [1.29, 1.82) is 0 Å². The van der Waals surface area contributed by atoms with Crippen molar-refractivity contribution < 1.29 is 19.4 Å². The molecular weight excluding hydrogens is 212 g/mol. The van der Waals surface area contributed by atoms with Gasteiger partial charge in [-0.2, -0.15) is 0 Å². The minimum atomic E-state index is -1.00. The standard InChI is InChI=1S/C10H18N2O4/c1-12(8-3-2-4-8)10(15)11-5-6-16-7-9(13)14/h8H,2-7H2,1H3,(H,11,15)(H,13,14). The number of carbonyl (C=O) groups is 2. The zero-order valence-electron chi connectivity index (χ0n) is 9.44. The van der Waals surface area contributed by atoms with Crippen molar-refractivity contribution in [3.63, 3.8) is 0 Å². The van der Waals surface area contributed by atoms with Gasteiger partial charge in [0.15, 0.2) is 0 Å². The molecule has 16 heavy (non-hydrogen) atoms. The molecule has 92 valence electrons. The van der Waals surface area contributed by atoms with Crippen LogP contribution in [0.25, 0.3) is 0 Å². The highest BCUT2D eigenvalue weighted by atomic mass is 16.5. The van der Waals surface area contributed by atoms with Gasteiger partial charge in [-0.05, 0) is 19.3 Å². The van der Waals surface area contributed by atoms with E-state index in [0.29, 0.717) is 12.6 Å². The average molecular weight is 230 g/mol. The minimum absolute atomic E-state index is 0.122. The third-order valence-electron chi connectivity index (χ3n) is 2.69. The number of carbonyl (C=O) groups excluding carboxylic acids is 1. The number of carboxylic acids is 1. The van der Waals surface area contributed by atoms with Gasteiger partial charge in [-0.25, -0.2) is 9.59 Å². The second kappa shape index (κ2) is 6.32. The molecule has 1 aliphatic carbocycles. The van der Waals surface area contributed by atoms with Gasteiger partial charge in [-0.15, -0.1) is 0 Å². The van der Waals surface area contributed by atoms with Gasteiger partial charge >= 0.3 is 12.0 Å². The Morgan fingerprint density at radius 3 is 2.69 bits per heavy atom. The molecular formula is C10H18N2O4. The maximum atomic E-state index is 11.5. The Hall–Kier alpha value is -1.30. The molecule has 0 bridgehead atoms. The SMILES string of the molecule is CN(C(=O)NCCOCC(=O)O)C1CCC1. The second-order valence-corrected chi connectivity index (χ2v) is 3.87.